The average Bonchev–Trinajstić information content (AvgIpc) is 2.01. The van der Waals surface area contributed by atoms with Crippen molar-refractivity contribution < 1.29 is 9.53 Å². The largest absolute Gasteiger partial charge is 0.461 e. The molecule has 0 aromatic rings. The maximum atomic E-state index is 10.8. The summed E-state index contributed by atoms with van der Waals surface area (Å²) in [7, 11) is 0. The topological polar surface area (TPSA) is 26.3 Å². The molecule has 0 saturated heterocycles. The Morgan fingerprint density at radius 2 is 2.07 bits per heavy atom. The molecule has 0 fully saturated rings. The van der Waals surface area contributed by atoms with Crippen LogP contribution < -0.4 is 0 Å². The van der Waals surface area contributed by atoms with E-state index in [2.05, 4.69) is 27.4 Å². The van der Waals surface area contributed by atoms with Crippen LogP contribution in [0, 0.1) is 5.41 Å². The molecule has 0 aliphatic carbocycles. The molecule has 0 aromatic carbocycles. The Bertz CT molecular complexity index is 209. The minimum Gasteiger partial charge on any atom is -0.461 e. The normalized spacial score (nSPS) is 11.1. The second-order valence-corrected chi connectivity index (χ2v) is 5.72. The van der Waals surface area contributed by atoms with Gasteiger partial charge >= 0.3 is 5.97 Å². The van der Waals surface area contributed by atoms with Crippen LogP contribution in [0.15, 0.2) is 11.6 Å². The third kappa shape index (κ3) is 8.45. The number of rotatable bonds is 5. The fraction of sp³-hybridized carbons (Fsp3) is 0.700. The fourth-order valence-electron chi connectivity index (χ4n) is 0.650. The number of ether oxygens (including phenoxy) is 1. The van der Waals surface area contributed by atoms with Gasteiger partial charge < -0.3 is 4.74 Å². The van der Waals surface area contributed by atoms with Gasteiger partial charge in [0.25, 0.3) is 0 Å². The van der Waals surface area contributed by atoms with Gasteiger partial charge in [-0.2, -0.15) is 11.8 Å². The van der Waals surface area contributed by atoms with E-state index in [1.54, 1.807) is 11.8 Å². The van der Waals surface area contributed by atoms with Crippen LogP contribution in [0.2, 0.25) is 0 Å². The van der Waals surface area contributed by atoms with E-state index < -0.39 is 5.97 Å². The van der Waals surface area contributed by atoms with Gasteiger partial charge in [-0.15, -0.1) is 0 Å². The molecule has 0 bridgehead atoms. The van der Waals surface area contributed by atoms with Crippen molar-refractivity contribution in [1.82, 2.24) is 0 Å². The molecule has 82 valence electrons. The summed E-state index contributed by atoms with van der Waals surface area (Å²) in [6, 6.07) is 0. The highest BCUT2D eigenvalue weighted by atomic mass is 35.5. The van der Waals surface area contributed by atoms with Crippen molar-refractivity contribution in [2.75, 3.05) is 18.1 Å². The number of halogens is 1. The van der Waals surface area contributed by atoms with Crippen LogP contribution >= 0.6 is 23.4 Å². The van der Waals surface area contributed by atoms with Gasteiger partial charge in [0.2, 0.25) is 0 Å². The summed E-state index contributed by atoms with van der Waals surface area (Å²) >= 11 is 7.10. The molecule has 0 saturated carbocycles. The molecule has 0 aliphatic rings. The molecular formula is C10H17ClO2S. The van der Waals surface area contributed by atoms with Crippen LogP contribution in [0.3, 0.4) is 0 Å². The summed E-state index contributed by atoms with van der Waals surface area (Å²) in [5, 5.41) is -0.0641. The molecule has 14 heavy (non-hydrogen) atoms. The Hall–Kier alpha value is -0.150. The third-order valence-electron chi connectivity index (χ3n) is 1.22. The van der Waals surface area contributed by atoms with Crippen molar-refractivity contribution >= 4 is 29.3 Å². The number of esters is 1. The van der Waals surface area contributed by atoms with E-state index in [1.165, 1.54) is 0 Å². The summed E-state index contributed by atoms with van der Waals surface area (Å²) in [5.74, 6) is 1.32. The molecule has 0 aromatic heterocycles. The van der Waals surface area contributed by atoms with Gasteiger partial charge in [0.15, 0.2) is 0 Å². The van der Waals surface area contributed by atoms with Crippen LogP contribution in [0.25, 0.3) is 0 Å². The van der Waals surface area contributed by atoms with Crippen molar-refractivity contribution in [2.24, 2.45) is 5.41 Å². The summed E-state index contributed by atoms with van der Waals surface area (Å²) < 4.78 is 4.83. The summed E-state index contributed by atoms with van der Waals surface area (Å²) in [4.78, 5) is 10.8. The minimum atomic E-state index is -0.525. The predicted molar refractivity (Wildman–Crippen MR) is 62.7 cm³/mol. The molecule has 0 radical (unpaired) electrons. The van der Waals surface area contributed by atoms with Crippen LogP contribution in [0.5, 0.6) is 0 Å². The number of hydrogen-bond acceptors (Lipinski definition) is 3. The van der Waals surface area contributed by atoms with Gasteiger partial charge in [-0.25, -0.2) is 4.79 Å². The predicted octanol–water partition coefficient (Wildman–Crippen LogP) is 3.06. The highest BCUT2D eigenvalue weighted by Crippen LogP contribution is 2.19. The van der Waals surface area contributed by atoms with E-state index in [4.69, 9.17) is 16.3 Å². The van der Waals surface area contributed by atoms with E-state index in [9.17, 15) is 4.79 Å². The van der Waals surface area contributed by atoms with Gasteiger partial charge in [0, 0.05) is 5.75 Å². The van der Waals surface area contributed by atoms with Crippen LogP contribution in [0.1, 0.15) is 20.8 Å². The van der Waals surface area contributed by atoms with Crippen molar-refractivity contribution in [2.45, 2.75) is 20.8 Å². The molecular weight excluding hydrogens is 220 g/mol. The Morgan fingerprint density at radius 3 is 2.50 bits per heavy atom. The summed E-state index contributed by atoms with van der Waals surface area (Å²) in [5.41, 5.74) is 0.310. The minimum absolute atomic E-state index is 0.0641. The zero-order valence-electron chi connectivity index (χ0n) is 8.93. The van der Waals surface area contributed by atoms with E-state index >= 15 is 0 Å². The first-order chi connectivity index (χ1) is 6.33. The van der Waals surface area contributed by atoms with Gasteiger partial charge in [-0.05, 0) is 11.2 Å². The number of carbonyl (C=O) groups is 1. The first-order valence-corrected chi connectivity index (χ1v) is 5.95. The second-order valence-electron chi connectivity index (χ2n) is 4.15. The molecule has 0 amide bonds. The van der Waals surface area contributed by atoms with Crippen LogP contribution in [-0.2, 0) is 9.53 Å². The lowest BCUT2D eigenvalue weighted by Gasteiger charge is -2.16. The van der Waals surface area contributed by atoms with Crippen molar-refractivity contribution in [3.05, 3.63) is 11.6 Å². The average molecular weight is 237 g/mol. The van der Waals surface area contributed by atoms with Gasteiger partial charge in [0.05, 0.1) is 0 Å². The molecule has 0 spiro atoms. The molecule has 0 atom stereocenters. The molecule has 4 heteroatoms. The molecule has 0 N–H and O–H groups in total. The van der Waals surface area contributed by atoms with Crippen molar-refractivity contribution in [1.29, 1.82) is 0 Å². The zero-order chi connectivity index (χ0) is 11.2. The fourth-order valence-corrected chi connectivity index (χ4v) is 1.66. The number of hydrogen-bond donors (Lipinski definition) is 0. The smallest absolute Gasteiger partial charge is 0.349 e. The van der Waals surface area contributed by atoms with Crippen LogP contribution in [-0.4, -0.2) is 24.1 Å². The van der Waals surface area contributed by atoms with E-state index in [0.29, 0.717) is 12.0 Å². The lowest BCUT2D eigenvalue weighted by molar-refractivity contribution is -0.137. The Balaban J connectivity index is 3.39. The maximum Gasteiger partial charge on any atom is 0.349 e. The number of thioether (sulfide) groups is 1. The van der Waals surface area contributed by atoms with Crippen molar-refractivity contribution in [3.8, 4) is 0 Å². The van der Waals surface area contributed by atoms with E-state index in [-0.39, 0.29) is 5.03 Å². The van der Waals surface area contributed by atoms with Gasteiger partial charge in [0.1, 0.15) is 11.6 Å². The Morgan fingerprint density at radius 1 is 1.50 bits per heavy atom. The monoisotopic (exact) mass is 236 g/mol. The molecule has 0 unspecified atom stereocenters. The maximum absolute atomic E-state index is 10.8. The SMILES string of the molecule is C=C(Cl)C(=O)OCCSCC(C)(C)C. The van der Waals surface area contributed by atoms with Crippen LogP contribution in [0.4, 0.5) is 0 Å². The molecule has 2 nitrogen and oxygen atoms in total. The van der Waals surface area contributed by atoms with E-state index in [0.717, 1.165) is 11.5 Å². The molecule has 0 heterocycles. The van der Waals surface area contributed by atoms with Gasteiger partial charge in [-0.3, -0.25) is 0 Å². The first-order valence-electron chi connectivity index (χ1n) is 4.42. The zero-order valence-corrected chi connectivity index (χ0v) is 10.5. The first kappa shape index (κ1) is 13.8. The Kier molecular flexibility index (Phi) is 6.29. The Labute approximate surface area is 95.0 Å². The lowest BCUT2D eigenvalue weighted by Crippen LogP contribution is -2.11. The molecule has 0 aliphatic heterocycles. The lowest BCUT2D eigenvalue weighted by atomic mass is 10.0. The second kappa shape index (κ2) is 6.36. The number of carbonyl (C=O) groups excluding carboxylic acids is 1. The highest BCUT2D eigenvalue weighted by molar-refractivity contribution is 7.99. The van der Waals surface area contributed by atoms with E-state index in [1.807, 2.05) is 0 Å². The standard InChI is InChI=1S/C10H17ClO2S/c1-8(11)9(12)13-5-6-14-7-10(2,3)4/h1,5-7H2,2-4H3. The van der Waals surface area contributed by atoms with Gasteiger partial charge in [-0.1, -0.05) is 39.0 Å². The van der Waals surface area contributed by atoms with Crippen molar-refractivity contribution in [3.63, 3.8) is 0 Å². The summed E-state index contributed by atoms with van der Waals surface area (Å²) in [6.45, 7) is 10.2. The summed E-state index contributed by atoms with van der Waals surface area (Å²) in [6.07, 6.45) is 0. The quantitative estimate of drug-likeness (QED) is 0.417. The highest BCUT2D eigenvalue weighted by Gasteiger charge is 2.10. The third-order valence-corrected chi connectivity index (χ3v) is 2.90. The molecule has 0 rings (SSSR count).